The van der Waals surface area contributed by atoms with Crippen molar-refractivity contribution in [1.82, 2.24) is 15.2 Å². The number of fused-ring (bicyclic) bond motifs is 1. The molecule has 2 fully saturated rings. The lowest BCUT2D eigenvalue weighted by Crippen LogP contribution is -2.44. The second kappa shape index (κ2) is 8.05. The van der Waals surface area contributed by atoms with E-state index in [0.29, 0.717) is 37.4 Å². The molecule has 2 amide bonds. The first kappa shape index (κ1) is 17.9. The quantitative estimate of drug-likeness (QED) is 0.876. The highest BCUT2D eigenvalue weighted by atomic mass is 32.1. The van der Waals surface area contributed by atoms with Gasteiger partial charge >= 0.3 is 0 Å². The molecule has 0 spiro atoms. The van der Waals surface area contributed by atoms with Crippen LogP contribution in [-0.4, -0.2) is 54.0 Å². The predicted molar refractivity (Wildman–Crippen MR) is 99.4 cm³/mol. The molecule has 26 heavy (non-hydrogen) atoms. The Morgan fingerprint density at radius 2 is 1.96 bits per heavy atom. The van der Waals surface area contributed by atoms with E-state index in [1.807, 2.05) is 0 Å². The van der Waals surface area contributed by atoms with Crippen LogP contribution in [0.5, 0.6) is 0 Å². The Kier molecular flexibility index (Phi) is 5.55. The third kappa shape index (κ3) is 3.93. The highest BCUT2D eigenvalue weighted by Crippen LogP contribution is 2.28. The fourth-order valence-corrected chi connectivity index (χ4v) is 5.24. The van der Waals surface area contributed by atoms with Crippen LogP contribution in [0, 0.1) is 5.92 Å². The lowest BCUT2D eigenvalue weighted by Gasteiger charge is -2.23. The predicted octanol–water partition coefficient (Wildman–Crippen LogP) is 2.17. The van der Waals surface area contributed by atoms with Crippen molar-refractivity contribution < 1.29 is 14.3 Å². The first-order chi connectivity index (χ1) is 12.7. The molecule has 3 aliphatic rings. The number of amides is 2. The maximum Gasteiger partial charge on any atom is 0.282 e. The van der Waals surface area contributed by atoms with E-state index in [1.165, 1.54) is 35.5 Å². The van der Waals surface area contributed by atoms with Crippen molar-refractivity contribution in [3.8, 4) is 0 Å². The largest absolute Gasteiger partial charge is 0.379 e. The van der Waals surface area contributed by atoms with Gasteiger partial charge in [0.1, 0.15) is 0 Å². The molecule has 1 aromatic heterocycles. The van der Waals surface area contributed by atoms with E-state index < -0.39 is 0 Å². The average Bonchev–Trinajstić information content (AvgIpc) is 3.24. The topological polar surface area (TPSA) is 71.5 Å². The zero-order valence-corrected chi connectivity index (χ0v) is 16.0. The first-order valence-electron chi connectivity index (χ1n) is 9.86. The van der Waals surface area contributed by atoms with Crippen molar-refractivity contribution in [3.63, 3.8) is 0 Å². The Morgan fingerprint density at radius 3 is 2.77 bits per heavy atom. The second-order valence-corrected chi connectivity index (χ2v) is 8.69. The van der Waals surface area contributed by atoms with E-state index in [4.69, 9.17) is 4.74 Å². The Labute approximate surface area is 158 Å². The first-order valence-corrected chi connectivity index (χ1v) is 10.7. The molecule has 1 N–H and O–H groups in total. The van der Waals surface area contributed by atoms with Crippen molar-refractivity contribution >= 4 is 23.2 Å². The lowest BCUT2D eigenvalue weighted by atomic mass is 10.0. The SMILES string of the molecule is O=C(NC1CCCC1)C1COCCN(C(=O)c2nc3c(s2)CCCC3)C1. The zero-order valence-electron chi connectivity index (χ0n) is 15.2. The molecule has 1 saturated heterocycles. The number of aromatic nitrogens is 1. The van der Waals surface area contributed by atoms with Crippen LogP contribution in [-0.2, 0) is 22.4 Å². The Bertz CT molecular complexity index is 645. The van der Waals surface area contributed by atoms with E-state index >= 15 is 0 Å². The van der Waals surface area contributed by atoms with Crippen LogP contribution in [0.3, 0.4) is 0 Å². The van der Waals surface area contributed by atoms with Gasteiger partial charge in [-0.2, -0.15) is 0 Å². The number of rotatable bonds is 3. The van der Waals surface area contributed by atoms with Crippen molar-refractivity contribution in [2.45, 2.75) is 57.4 Å². The van der Waals surface area contributed by atoms with Gasteiger partial charge in [-0.3, -0.25) is 9.59 Å². The van der Waals surface area contributed by atoms with E-state index in [-0.39, 0.29) is 17.7 Å². The van der Waals surface area contributed by atoms with E-state index in [0.717, 1.165) is 37.8 Å². The molecule has 0 radical (unpaired) electrons. The molecular weight excluding hydrogens is 350 g/mol. The summed E-state index contributed by atoms with van der Waals surface area (Å²) < 4.78 is 5.62. The van der Waals surface area contributed by atoms with Gasteiger partial charge in [-0.25, -0.2) is 4.98 Å². The van der Waals surface area contributed by atoms with Gasteiger partial charge in [-0.15, -0.1) is 11.3 Å². The molecule has 1 saturated carbocycles. The van der Waals surface area contributed by atoms with Crippen LogP contribution in [0.4, 0.5) is 0 Å². The summed E-state index contributed by atoms with van der Waals surface area (Å²) in [5.74, 6) is -0.319. The summed E-state index contributed by atoms with van der Waals surface area (Å²) in [6.07, 6.45) is 8.86. The van der Waals surface area contributed by atoms with E-state index in [2.05, 4.69) is 10.3 Å². The van der Waals surface area contributed by atoms with Crippen LogP contribution >= 0.6 is 11.3 Å². The number of aryl methyl sites for hydroxylation is 2. The van der Waals surface area contributed by atoms with Gasteiger partial charge in [0, 0.05) is 24.0 Å². The van der Waals surface area contributed by atoms with E-state index in [1.54, 1.807) is 4.90 Å². The molecule has 4 rings (SSSR count). The zero-order chi connectivity index (χ0) is 17.9. The highest BCUT2D eigenvalue weighted by molar-refractivity contribution is 7.13. The number of hydrogen-bond acceptors (Lipinski definition) is 5. The van der Waals surface area contributed by atoms with Gasteiger partial charge in [-0.1, -0.05) is 12.8 Å². The third-order valence-corrected chi connectivity index (χ3v) is 6.80. The fourth-order valence-electron chi connectivity index (χ4n) is 4.12. The van der Waals surface area contributed by atoms with Crippen LogP contribution in [0.15, 0.2) is 0 Å². The van der Waals surface area contributed by atoms with Gasteiger partial charge in [0.2, 0.25) is 5.91 Å². The number of nitrogens with one attached hydrogen (secondary N) is 1. The van der Waals surface area contributed by atoms with Crippen molar-refractivity contribution in [2.75, 3.05) is 26.3 Å². The summed E-state index contributed by atoms with van der Waals surface area (Å²) in [4.78, 5) is 33.2. The molecule has 1 aliphatic heterocycles. The second-order valence-electron chi connectivity index (χ2n) is 7.61. The normalized spacial score (nSPS) is 24.2. The minimum Gasteiger partial charge on any atom is -0.379 e. The van der Waals surface area contributed by atoms with Crippen LogP contribution in [0.1, 0.15) is 58.9 Å². The number of carbonyl (C=O) groups is 2. The van der Waals surface area contributed by atoms with Gasteiger partial charge < -0.3 is 15.0 Å². The molecule has 1 unspecified atom stereocenters. The Hall–Kier alpha value is -1.47. The summed E-state index contributed by atoms with van der Waals surface area (Å²) in [6.45, 7) is 1.80. The van der Waals surface area contributed by atoms with Gasteiger partial charge in [0.15, 0.2) is 5.01 Å². The average molecular weight is 378 g/mol. The van der Waals surface area contributed by atoms with Crippen LogP contribution in [0.2, 0.25) is 0 Å². The van der Waals surface area contributed by atoms with Crippen molar-refractivity contribution in [2.24, 2.45) is 5.92 Å². The van der Waals surface area contributed by atoms with Crippen LogP contribution in [0.25, 0.3) is 0 Å². The van der Waals surface area contributed by atoms with Gasteiger partial charge in [0.05, 0.1) is 24.8 Å². The molecule has 0 aromatic carbocycles. The monoisotopic (exact) mass is 377 g/mol. The fraction of sp³-hybridized carbons (Fsp3) is 0.737. The molecule has 142 valence electrons. The van der Waals surface area contributed by atoms with Gasteiger partial charge in [-0.05, 0) is 38.5 Å². The molecule has 0 bridgehead atoms. The number of thiazole rings is 1. The molecule has 1 aromatic rings. The molecular formula is C19H27N3O3S. The highest BCUT2D eigenvalue weighted by Gasteiger charge is 2.31. The minimum atomic E-state index is -0.295. The summed E-state index contributed by atoms with van der Waals surface area (Å²) >= 11 is 1.54. The van der Waals surface area contributed by atoms with Crippen molar-refractivity contribution in [1.29, 1.82) is 0 Å². The maximum absolute atomic E-state index is 13.0. The Balaban J connectivity index is 1.42. The molecule has 6 nitrogen and oxygen atoms in total. The minimum absolute atomic E-state index is 0.0232. The number of nitrogens with zero attached hydrogens (tertiary/aromatic N) is 2. The Morgan fingerprint density at radius 1 is 1.15 bits per heavy atom. The van der Waals surface area contributed by atoms with Crippen LogP contribution < -0.4 is 5.32 Å². The molecule has 2 aliphatic carbocycles. The smallest absolute Gasteiger partial charge is 0.282 e. The maximum atomic E-state index is 13.0. The lowest BCUT2D eigenvalue weighted by molar-refractivity contribution is -0.127. The van der Waals surface area contributed by atoms with Gasteiger partial charge in [0.25, 0.3) is 5.91 Å². The summed E-state index contributed by atoms with van der Waals surface area (Å²) in [6, 6.07) is 0.292. The summed E-state index contributed by atoms with van der Waals surface area (Å²) in [5.41, 5.74) is 1.10. The summed E-state index contributed by atoms with van der Waals surface area (Å²) in [7, 11) is 0. The number of carbonyl (C=O) groups excluding carboxylic acids is 2. The third-order valence-electron chi connectivity index (χ3n) is 5.65. The molecule has 1 atom stereocenters. The number of ether oxygens (including phenoxy) is 1. The standard InChI is InChI=1S/C19H27N3O3S/c23-17(20-14-5-1-2-6-14)13-11-22(9-10-25-12-13)19(24)18-21-15-7-3-4-8-16(15)26-18/h13-14H,1-12H2,(H,20,23). The number of hydrogen-bond donors (Lipinski definition) is 1. The van der Waals surface area contributed by atoms with Crippen molar-refractivity contribution in [3.05, 3.63) is 15.6 Å². The molecule has 2 heterocycles. The van der Waals surface area contributed by atoms with E-state index in [9.17, 15) is 9.59 Å². The summed E-state index contributed by atoms with van der Waals surface area (Å²) in [5, 5.41) is 3.72. The molecule has 7 heteroatoms.